The lowest BCUT2D eigenvalue weighted by molar-refractivity contribution is -0.0626. The Morgan fingerprint density at radius 3 is 2.75 bits per heavy atom. The van der Waals surface area contributed by atoms with Crippen molar-refractivity contribution in [2.24, 2.45) is 0 Å². The van der Waals surface area contributed by atoms with Gasteiger partial charge in [0.25, 0.3) is 0 Å². The van der Waals surface area contributed by atoms with Crippen LogP contribution >= 0.6 is 0 Å². The summed E-state index contributed by atoms with van der Waals surface area (Å²) in [5, 5.41) is 3.42. The number of morpholine rings is 1. The van der Waals surface area contributed by atoms with Gasteiger partial charge in [-0.2, -0.15) is 0 Å². The largest absolute Gasteiger partial charge is 0.372 e. The number of ether oxygens (including phenoxy) is 1. The van der Waals surface area contributed by atoms with Crippen LogP contribution in [0.25, 0.3) is 0 Å². The molecule has 1 unspecified atom stereocenters. The molecule has 0 bridgehead atoms. The molecule has 3 fully saturated rings. The zero-order valence-electron chi connectivity index (χ0n) is 7.60. The molecule has 3 rings (SSSR count). The summed E-state index contributed by atoms with van der Waals surface area (Å²) >= 11 is 0. The molecule has 3 aliphatic rings. The fourth-order valence-electron chi connectivity index (χ4n) is 2.06. The molecule has 2 saturated heterocycles. The van der Waals surface area contributed by atoms with Gasteiger partial charge in [0.1, 0.15) is 0 Å². The van der Waals surface area contributed by atoms with Crippen LogP contribution in [0.3, 0.4) is 0 Å². The number of hydrogen-bond donors (Lipinski definition) is 1. The van der Waals surface area contributed by atoms with Gasteiger partial charge in [-0.05, 0) is 19.8 Å². The van der Waals surface area contributed by atoms with Gasteiger partial charge in [0.15, 0.2) is 0 Å². The Kier molecular flexibility index (Phi) is 1.23. The highest BCUT2D eigenvalue weighted by Crippen LogP contribution is 2.43. The molecule has 12 heavy (non-hydrogen) atoms. The van der Waals surface area contributed by atoms with Gasteiger partial charge in [-0.25, -0.2) is 0 Å². The zero-order chi connectivity index (χ0) is 8.23. The van der Waals surface area contributed by atoms with Gasteiger partial charge in [0, 0.05) is 19.6 Å². The zero-order valence-corrected chi connectivity index (χ0v) is 7.60. The van der Waals surface area contributed by atoms with Crippen molar-refractivity contribution < 1.29 is 4.74 Å². The Bertz CT molecular complexity index is 203. The highest BCUT2D eigenvalue weighted by Gasteiger charge is 2.53. The third-order valence-electron chi connectivity index (χ3n) is 3.44. The topological polar surface area (TPSA) is 34.4 Å². The normalized spacial score (nSPS) is 44.8. The molecular formula is C9H16N2O. The van der Waals surface area contributed by atoms with E-state index < -0.39 is 0 Å². The van der Waals surface area contributed by atoms with Crippen molar-refractivity contribution >= 4 is 0 Å². The lowest BCUT2D eigenvalue weighted by atomic mass is 10.2. The van der Waals surface area contributed by atoms with E-state index in [1.54, 1.807) is 0 Å². The minimum atomic E-state index is 0.283. The molecule has 1 atom stereocenters. The van der Waals surface area contributed by atoms with Crippen molar-refractivity contribution in [2.45, 2.75) is 31.0 Å². The summed E-state index contributed by atoms with van der Waals surface area (Å²) in [5.74, 6) is 0. The third-order valence-corrected chi connectivity index (χ3v) is 3.44. The van der Waals surface area contributed by atoms with Gasteiger partial charge in [-0.15, -0.1) is 0 Å². The third kappa shape index (κ3) is 1.00. The molecule has 3 heteroatoms. The van der Waals surface area contributed by atoms with Crippen LogP contribution in [-0.2, 0) is 4.74 Å². The SMILES string of the molecule is CC1(N2CCOC3(CC3)C2)CN1. The molecule has 0 aromatic heterocycles. The van der Waals surface area contributed by atoms with Gasteiger partial charge in [0.2, 0.25) is 0 Å². The van der Waals surface area contributed by atoms with Crippen molar-refractivity contribution in [1.29, 1.82) is 0 Å². The van der Waals surface area contributed by atoms with E-state index in [0.29, 0.717) is 5.66 Å². The second kappa shape index (κ2) is 2.03. The van der Waals surface area contributed by atoms with Crippen LogP contribution in [-0.4, -0.2) is 42.4 Å². The Morgan fingerprint density at radius 2 is 2.17 bits per heavy atom. The molecule has 1 aliphatic carbocycles. The average Bonchev–Trinajstić information content (AvgIpc) is 2.95. The summed E-state index contributed by atoms with van der Waals surface area (Å²) < 4.78 is 5.76. The van der Waals surface area contributed by atoms with Crippen LogP contribution in [0.4, 0.5) is 0 Å². The highest BCUT2D eigenvalue weighted by molar-refractivity contribution is 5.07. The maximum Gasteiger partial charge on any atom is 0.0815 e. The van der Waals surface area contributed by atoms with Crippen LogP contribution in [0.5, 0.6) is 0 Å². The number of nitrogens with one attached hydrogen (secondary N) is 1. The van der Waals surface area contributed by atoms with Gasteiger partial charge < -0.3 is 4.74 Å². The second-order valence-electron chi connectivity index (χ2n) is 4.58. The van der Waals surface area contributed by atoms with Gasteiger partial charge >= 0.3 is 0 Å². The van der Waals surface area contributed by atoms with E-state index in [4.69, 9.17) is 4.74 Å². The minimum Gasteiger partial charge on any atom is -0.372 e. The monoisotopic (exact) mass is 168 g/mol. The molecule has 2 heterocycles. The maximum atomic E-state index is 5.76. The first kappa shape index (κ1) is 7.30. The fraction of sp³-hybridized carbons (Fsp3) is 1.00. The van der Waals surface area contributed by atoms with Crippen molar-refractivity contribution in [3.05, 3.63) is 0 Å². The molecule has 3 nitrogen and oxygen atoms in total. The van der Waals surface area contributed by atoms with E-state index in [9.17, 15) is 0 Å². The molecule has 1 spiro atoms. The predicted octanol–water partition coefficient (Wildman–Crippen LogP) is 0.171. The summed E-state index contributed by atoms with van der Waals surface area (Å²) in [7, 11) is 0. The summed E-state index contributed by atoms with van der Waals surface area (Å²) in [6.45, 7) is 6.62. The van der Waals surface area contributed by atoms with E-state index in [1.165, 1.54) is 12.8 Å². The molecule has 68 valence electrons. The summed E-state index contributed by atoms with van der Waals surface area (Å²) in [4.78, 5) is 2.55. The molecular weight excluding hydrogens is 152 g/mol. The summed E-state index contributed by atoms with van der Waals surface area (Å²) in [5.41, 5.74) is 0.602. The Hall–Kier alpha value is -0.120. The molecule has 2 aliphatic heterocycles. The molecule has 1 N–H and O–H groups in total. The first-order valence-corrected chi connectivity index (χ1v) is 4.87. The molecule has 1 saturated carbocycles. The van der Waals surface area contributed by atoms with Crippen molar-refractivity contribution in [3.8, 4) is 0 Å². The fourth-order valence-corrected chi connectivity index (χ4v) is 2.06. The van der Waals surface area contributed by atoms with E-state index in [1.807, 2.05) is 0 Å². The van der Waals surface area contributed by atoms with E-state index in [0.717, 1.165) is 26.2 Å². The molecule has 0 aromatic carbocycles. The second-order valence-corrected chi connectivity index (χ2v) is 4.58. The number of hydrogen-bond acceptors (Lipinski definition) is 3. The van der Waals surface area contributed by atoms with Crippen LogP contribution in [0.15, 0.2) is 0 Å². The molecule has 0 aromatic rings. The van der Waals surface area contributed by atoms with E-state index in [-0.39, 0.29) is 5.60 Å². The number of nitrogens with zero attached hydrogens (tertiary/aromatic N) is 1. The number of rotatable bonds is 1. The summed E-state index contributed by atoms with van der Waals surface area (Å²) in [6.07, 6.45) is 2.55. The van der Waals surface area contributed by atoms with E-state index >= 15 is 0 Å². The highest BCUT2D eigenvalue weighted by atomic mass is 16.5. The molecule has 0 amide bonds. The Labute approximate surface area is 73.1 Å². The first-order chi connectivity index (χ1) is 5.73. The maximum absolute atomic E-state index is 5.76. The lowest BCUT2D eigenvalue weighted by Crippen LogP contribution is -2.50. The van der Waals surface area contributed by atoms with Gasteiger partial charge in [-0.3, -0.25) is 10.2 Å². The van der Waals surface area contributed by atoms with Crippen LogP contribution in [0.1, 0.15) is 19.8 Å². The lowest BCUT2D eigenvalue weighted by Gasteiger charge is -2.36. The first-order valence-electron chi connectivity index (χ1n) is 4.87. The van der Waals surface area contributed by atoms with Crippen LogP contribution < -0.4 is 5.32 Å². The van der Waals surface area contributed by atoms with Gasteiger partial charge in [0.05, 0.1) is 17.9 Å². The predicted molar refractivity (Wildman–Crippen MR) is 45.9 cm³/mol. The molecule has 0 radical (unpaired) electrons. The van der Waals surface area contributed by atoms with E-state index in [2.05, 4.69) is 17.1 Å². The smallest absolute Gasteiger partial charge is 0.0815 e. The summed E-state index contributed by atoms with van der Waals surface area (Å²) in [6, 6.07) is 0. The Morgan fingerprint density at radius 1 is 1.42 bits per heavy atom. The standard InChI is InChI=1S/C9H16N2O/c1-8(6-10-8)11-4-5-12-9(7-11)2-3-9/h10H,2-7H2,1H3. The Balaban J connectivity index is 1.71. The van der Waals surface area contributed by atoms with Crippen molar-refractivity contribution in [1.82, 2.24) is 10.2 Å². The van der Waals surface area contributed by atoms with Crippen LogP contribution in [0.2, 0.25) is 0 Å². The van der Waals surface area contributed by atoms with Gasteiger partial charge in [-0.1, -0.05) is 0 Å². The quantitative estimate of drug-likeness (QED) is 0.567. The van der Waals surface area contributed by atoms with Crippen molar-refractivity contribution in [2.75, 3.05) is 26.2 Å². The van der Waals surface area contributed by atoms with Crippen LogP contribution in [0, 0.1) is 0 Å². The average molecular weight is 168 g/mol. The van der Waals surface area contributed by atoms with Crippen molar-refractivity contribution in [3.63, 3.8) is 0 Å². The minimum absolute atomic E-state index is 0.283.